The maximum Gasteiger partial charge on any atom is 0.233 e. The van der Waals surface area contributed by atoms with E-state index < -0.39 is 15.1 Å². The number of aromatic nitrogens is 4. The molecule has 134 valence electrons. The zero-order valence-electron chi connectivity index (χ0n) is 13.8. The predicted octanol–water partition coefficient (Wildman–Crippen LogP) is 0.691. The Balaban J connectivity index is 1.66. The molecule has 2 aromatic rings. The lowest BCUT2D eigenvalue weighted by atomic mass is 10.1. The number of carbonyl (C=O) groups excluding carboxylic acids is 1. The molecule has 1 aliphatic heterocycles. The van der Waals surface area contributed by atoms with Crippen LogP contribution >= 0.6 is 11.8 Å². The fourth-order valence-corrected chi connectivity index (χ4v) is 5.34. The number of benzene rings is 1. The Morgan fingerprint density at radius 2 is 2.04 bits per heavy atom. The smallest absolute Gasteiger partial charge is 0.233 e. The topological polar surface area (TPSA) is 98.1 Å². The number of hydrogen-bond acceptors (Lipinski definition) is 7. The van der Waals surface area contributed by atoms with E-state index in [4.69, 9.17) is 0 Å². The van der Waals surface area contributed by atoms with Gasteiger partial charge in [0.1, 0.15) is 0 Å². The minimum Gasteiger partial charge on any atom is -0.341 e. The number of amides is 1. The first-order chi connectivity index (χ1) is 12.0. The first-order valence-electron chi connectivity index (χ1n) is 7.87. The van der Waals surface area contributed by atoms with E-state index in [-0.39, 0.29) is 24.0 Å². The van der Waals surface area contributed by atoms with Gasteiger partial charge >= 0.3 is 0 Å². The molecule has 1 saturated heterocycles. The quantitative estimate of drug-likeness (QED) is 0.719. The molecule has 0 saturated carbocycles. The van der Waals surface area contributed by atoms with Crippen LogP contribution in [0.15, 0.2) is 35.5 Å². The van der Waals surface area contributed by atoms with Gasteiger partial charge in [0, 0.05) is 20.1 Å². The number of carbonyl (C=O) groups is 1. The Kier molecular flexibility index (Phi) is 5.38. The van der Waals surface area contributed by atoms with Gasteiger partial charge in [-0.1, -0.05) is 42.1 Å². The van der Waals surface area contributed by atoms with Gasteiger partial charge in [0.05, 0.1) is 16.8 Å². The summed E-state index contributed by atoms with van der Waals surface area (Å²) in [4.78, 5) is 14.1. The lowest BCUT2D eigenvalue weighted by Crippen LogP contribution is -2.34. The molecule has 1 amide bonds. The van der Waals surface area contributed by atoms with Gasteiger partial charge in [-0.25, -0.2) is 13.1 Å². The van der Waals surface area contributed by atoms with E-state index in [1.54, 1.807) is 11.9 Å². The van der Waals surface area contributed by atoms with E-state index in [0.717, 1.165) is 5.56 Å². The van der Waals surface area contributed by atoms with Gasteiger partial charge in [-0.15, -0.1) is 5.10 Å². The van der Waals surface area contributed by atoms with E-state index in [2.05, 4.69) is 15.5 Å². The van der Waals surface area contributed by atoms with E-state index >= 15 is 0 Å². The summed E-state index contributed by atoms with van der Waals surface area (Å²) in [5.74, 6) is 0.0653. The molecule has 25 heavy (non-hydrogen) atoms. The SMILES string of the molecule is Cn1nnnc1SCC(=O)N1CCC(c2ccccc2)S(=O)(=O)CC1. The molecule has 10 heteroatoms. The van der Waals surface area contributed by atoms with Crippen molar-refractivity contribution < 1.29 is 13.2 Å². The lowest BCUT2D eigenvalue weighted by molar-refractivity contribution is -0.128. The van der Waals surface area contributed by atoms with Crippen LogP contribution < -0.4 is 0 Å². The van der Waals surface area contributed by atoms with Crippen LogP contribution in [0, 0.1) is 0 Å². The highest BCUT2D eigenvalue weighted by atomic mass is 32.2. The second kappa shape index (κ2) is 7.52. The Labute approximate surface area is 150 Å². The summed E-state index contributed by atoms with van der Waals surface area (Å²) in [5.41, 5.74) is 0.788. The van der Waals surface area contributed by atoms with Gasteiger partial charge in [0.2, 0.25) is 11.1 Å². The summed E-state index contributed by atoms with van der Waals surface area (Å²) in [7, 11) is -1.58. The minimum atomic E-state index is -3.28. The highest BCUT2D eigenvalue weighted by Crippen LogP contribution is 2.29. The molecule has 1 fully saturated rings. The van der Waals surface area contributed by atoms with Gasteiger partial charge in [0.15, 0.2) is 9.84 Å². The molecule has 0 spiro atoms. The van der Waals surface area contributed by atoms with Crippen molar-refractivity contribution in [2.75, 3.05) is 24.6 Å². The number of tetrazole rings is 1. The summed E-state index contributed by atoms with van der Waals surface area (Å²) >= 11 is 1.25. The summed E-state index contributed by atoms with van der Waals surface area (Å²) in [6.07, 6.45) is 0.411. The molecule has 1 atom stereocenters. The molecule has 1 aliphatic rings. The largest absolute Gasteiger partial charge is 0.341 e. The molecule has 0 radical (unpaired) electrons. The number of sulfone groups is 1. The number of hydrogen-bond donors (Lipinski definition) is 0. The van der Waals surface area contributed by atoms with Crippen LogP contribution in [0.25, 0.3) is 0 Å². The molecule has 0 aliphatic carbocycles. The fourth-order valence-electron chi connectivity index (χ4n) is 2.80. The van der Waals surface area contributed by atoms with Crippen molar-refractivity contribution in [3.05, 3.63) is 35.9 Å². The maximum absolute atomic E-state index is 12.6. The predicted molar refractivity (Wildman–Crippen MR) is 93.7 cm³/mol. The molecule has 0 bridgehead atoms. The zero-order chi connectivity index (χ0) is 17.9. The molecule has 1 aromatic heterocycles. The van der Waals surface area contributed by atoms with Crippen molar-refractivity contribution in [2.45, 2.75) is 16.8 Å². The van der Waals surface area contributed by atoms with Crippen molar-refractivity contribution in [1.29, 1.82) is 0 Å². The first-order valence-corrected chi connectivity index (χ1v) is 10.6. The van der Waals surface area contributed by atoms with E-state index in [0.29, 0.717) is 18.1 Å². The van der Waals surface area contributed by atoms with Crippen molar-refractivity contribution in [2.24, 2.45) is 7.05 Å². The number of rotatable bonds is 4. The monoisotopic (exact) mass is 381 g/mol. The van der Waals surface area contributed by atoms with Crippen LogP contribution in [0.4, 0.5) is 0 Å². The molecule has 0 N–H and O–H groups in total. The van der Waals surface area contributed by atoms with Gasteiger partial charge in [-0.3, -0.25) is 4.79 Å². The lowest BCUT2D eigenvalue weighted by Gasteiger charge is -2.19. The third-order valence-electron chi connectivity index (χ3n) is 4.17. The third-order valence-corrected chi connectivity index (χ3v) is 7.29. The normalized spacial score (nSPS) is 20.2. The summed E-state index contributed by atoms with van der Waals surface area (Å²) in [6.45, 7) is 0.650. The molecular formula is C15H19N5O3S2. The van der Waals surface area contributed by atoms with Crippen molar-refractivity contribution >= 4 is 27.5 Å². The molecule has 2 heterocycles. The Morgan fingerprint density at radius 3 is 2.72 bits per heavy atom. The van der Waals surface area contributed by atoms with E-state index in [9.17, 15) is 13.2 Å². The van der Waals surface area contributed by atoms with E-state index in [1.165, 1.54) is 16.4 Å². The Bertz CT molecular complexity index is 838. The Morgan fingerprint density at radius 1 is 1.28 bits per heavy atom. The summed E-state index contributed by atoms with van der Waals surface area (Å²) in [6, 6.07) is 9.20. The third kappa shape index (κ3) is 4.18. The van der Waals surface area contributed by atoms with Crippen LogP contribution in [0.1, 0.15) is 17.2 Å². The number of thioether (sulfide) groups is 1. The summed E-state index contributed by atoms with van der Waals surface area (Å²) in [5, 5.41) is 11.1. The van der Waals surface area contributed by atoms with Crippen molar-refractivity contribution in [3.63, 3.8) is 0 Å². The van der Waals surface area contributed by atoms with Crippen LogP contribution in [0.2, 0.25) is 0 Å². The second-order valence-electron chi connectivity index (χ2n) is 5.81. The average molecular weight is 381 g/mol. The van der Waals surface area contributed by atoms with Crippen LogP contribution in [-0.2, 0) is 21.7 Å². The second-order valence-corrected chi connectivity index (χ2v) is 9.06. The summed E-state index contributed by atoms with van der Waals surface area (Å²) < 4.78 is 26.7. The number of nitrogens with zero attached hydrogens (tertiary/aromatic N) is 5. The zero-order valence-corrected chi connectivity index (χ0v) is 15.4. The maximum atomic E-state index is 12.6. The first kappa shape index (κ1) is 17.9. The minimum absolute atomic E-state index is 0.0194. The Hall–Kier alpha value is -1.94. The van der Waals surface area contributed by atoms with Gasteiger partial charge in [0.25, 0.3) is 0 Å². The highest BCUT2D eigenvalue weighted by Gasteiger charge is 2.32. The number of aryl methyl sites for hydroxylation is 1. The van der Waals surface area contributed by atoms with Crippen LogP contribution in [-0.4, -0.2) is 64.0 Å². The average Bonchev–Trinajstić information content (AvgIpc) is 2.93. The molecule has 1 unspecified atom stereocenters. The molecule has 1 aromatic carbocycles. The van der Waals surface area contributed by atoms with Crippen LogP contribution in [0.3, 0.4) is 0 Å². The van der Waals surface area contributed by atoms with Crippen molar-refractivity contribution in [1.82, 2.24) is 25.1 Å². The standard InChI is InChI=1S/C15H19N5O3S2/c1-19-15(16-17-18-19)24-11-14(21)20-8-7-13(25(22,23)10-9-20)12-5-3-2-4-6-12/h2-6,13H,7-11H2,1H3. The fraction of sp³-hybridized carbons (Fsp3) is 0.467. The molecular weight excluding hydrogens is 362 g/mol. The van der Waals surface area contributed by atoms with Gasteiger partial charge in [-0.05, 0) is 22.4 Å². The van der Waals surface area contributed by atoms with Crippen molar-refractivity contribution in [3.8, 4) is 0 Å². The van der Waals surface area contributed by atoms with Gasteiger partial charge < -0.3 is 4.90 Å². The highest BCUT2D eigenvalue weighted by molar-refractivity contribution is 7.99. The van der Waals surface area contributed by atoms with Gasteiger partial charge in [-0.2, -0.15) is 0 Å². The molecule has 8 nitrogen and oxygen atoms in total. The van der Waals surface area contributed by atoms with E-state index in [1.807, 2.05) is 30.3 Å². The van der Waals surface area contributed by atoms with Crippen LogP contribution in [0.5, 0.6) is 0 Å². The molecule has 3 rings (SSSR count).